The third kappa shape index (κ3) is 3.04. The molecule has 98 valence electrons. The molecule has 6 nitrogen and oxygen atoms in total. The van der Waals surface area contributed by atoms with Gasteiger partial charge in [-0.15, -0.1) is 0 Å². The number of fused-ring (bicyclic) bond motifs is 1. The average Bonchev–Trinajstić information content (AvgIpc) is 2.27. The van der Waals surface area contributed by atoms with Gasteiger partial charge >= 0.3 is 0 Å². The van der Waals surface area contributed by atoms with Crippen LogP contribution in [0.3, 0.4) is 0 Å². The monoisotopic (exact) mass is 248 g/mol. The predicted octanol–water partition coefficient (Wildman–Crippen LogP) is 1.10. The van der Waals surface area contributed by atoms with E-state index in [2.05, 4.69) is 25.6 Å². The third-order valence-electron chi connectivity index (χ3n) is 2.25. The van der Waals surface area contributed by atoms with Crippen molar-refractivity contribution in [3.8, 4) is 0 Å². The van der Waals surface area contributed by atoms with Crippen LogP contribution in [0.2, 0.25) is 0 Å². The number of aryl methyl sites for hydroxylation is 2. The predicted molar refractivity (Wildman–Crippen MR) is 75.7 cm³/mol. The molecule has 0 bridgehead atoms. The second-order valence-electron chi connectivity index (χ2n) is 3.96. The highest BCUT2D eigenvalue weighted by atomic mass is 15.1. The van der Waals surface area contributed by atoms with Gasteiger partial charge in [0.05, 0.1) is 5.39 Å². The van der Waals surface area contributed by atoms with E-state index in [1.165, 1.54) is 0 Å². The molecule has 0 aliphatic heterocycles. The second-order valence-corrected chi connectivity index (χ2v) is 3.96. The first-order chi connectivity index (χ1) is 8.53. The molecule has 0 saturated heterocycles. The third-order valence-corrected chi connectivity index (χ3v) is 2.25. The highest BCUT2D eigenvalue weighted by Crippen LogP contribution is 2.23. The van der Waals surface area contributed by atoms with Crippen molar-refractivity contribution in [1.82, 2.24) is 20.3 Å². The number of nitrogen functional groups attached to an aromatic ring is 1. The Balaban J connectivity index is 0.000000492. The first kappa shape index (κ1) is 14.1. The van der Waals surface area contributed by atoms with Gasteiger partial charge in [0, 0.05) is 12.7 Å². The van der Waals surface area contributed by atoms with Crippen LogP contribution in [-0.4, -0.2) is 36.1 Å². The molecule has 6 heteroatoms. The summed E-state index contributed by atoms with van der Waals surface area (Å²) in [5, 5.41) is 6.68. The number of pyridine rings is 1. The molecule has 2 rings (SSSR count). The fourth-order valence-corrected chi connectivity index (χ4v) is 1.68. The maximum absolute atomic E-state index is 5.60. The van der Waals surface area contributed by atoms with Crippen LogP contribution in [0, 0.1) is 13.8 Å². The number of nitrogens with two attached hydrogens (primary N) is 1. The van der Waals surface area contributed by atoms with Crippen LogP contribution in [0.15, 0.2) is 6.07 Å². The molecule has 0 aromatic carbocycles. The summed E-state index contributed by atoms with van der Waals surface area (Å²) in [5.41, 5.74) is 8.27. The van der Waals surface area contributed by atoms with Crippen LogP contribution in [0.1, 0.15) is 11.3 Å². The largest absolute Gasteiger partial charge is 0.372 e. The number of hydrogen-bond acceptors (Lipinski definition) is 6. The number of anilines is 2. The lowest BCUT2D eigenvalue weighted by atomic mass is 10.1. The van der Waals surface area contributed by atoms with Crippen molar-refractivity contribution in [1.29, 1.82) is 0 Å². The summed E-state index contributed by atoms with van der Waals surface area (Å²) in [7, 11) is 5.56. The van der Waals surface area contributed by atoms with E-state index in [4.69, 9.17) is 5.73 Å². The summed E-state index contributed by atoms with van der Waals surface area (Å²) in [4.78, 5) is 12.6. The van der Waals surface area contributed by atoms with Crippen molar-refractivity contribution < 1.29 is 0 Å². The SMILES string of the molecule is CNC.CNc1nc(N)nc2nc(C)cc(C)c12. The molecule has 0 fully saturated rings. The van der Waals surface area contributed by atoms with Crippen molar-refractivity contribution in [2.45, 2.75) is 13.8 Å². The molecule has 0 aliphatic carbocycles. The van der Waals surface area contributed by atoms with E-state index in [0.29, 0.717) is 5.65 Å². The lowest BCUT2D eigenvalue weighted by Gasteiger charge is -2.08. The molecule has 0 spiro atoms. The van der Waals surface area contributed by atoms with Gasteiger partial charge in [-0.05, 0) is 39.6 Å². The molecule has 2 aromatic heterocycles. The van der Waals surface area contributed by atoms with Crippen molar-refractivity contribution in [3.63, 3.8) is 0 Å². The molecular weight excluding hydrogens is 228 g/mol. The van der Waals surface area contributed by atoms with Crippen molar-refractivity contribution in [3.05, 3.63) is 17.3 Å². The van der Waals surface area contributed by atoms with Crippen LogP contribution < -0.4 is 16.4 Å². The zero-order valence-corrected chi connectivity index (χ0v) is 11.5. The van der Waals surface area contributed by atoms with Crippen LogP contribution in [0.5, 0.6) is 0 Å². The van der Waals surface area contributed by atoms with E-state index in [-0.39, 0.29) is 5.95 Å². The lowest BCUT2D eigenvalue weighted by molar-refractivity contribution is 1.02. The van der Waals surface area contributed by atoms with Gasteiger partial charge in [-0.2, -0.15) is 9.97 Å². The minimum absolute atomic E-state index is 0.240. The molecule has 0 atom stereocenters. The Kier molecular flexibility index (Phi) is 4.79. The van der Waals surface area contributed by atoms with Gasteiger partial charge in [-0.3, -0.25) is 0 Å². The fourth-order valence-electron chi connectivity index (χ4n) is 1.68. The number of rotatable bonds is 1. The van der Waals surface area contributed by atoms with Crippen LogP contribution in [0.25, 0.3) is 11.0 Å². The number of nitrogens with zero attached hydrogens (tertiary/aromatic N) is 3. The summed E-state index contributed by atoms with van der Waals surface area (Å²) in [5.74, 6) is 0.965. The van der Waals surface area contributed by atoms with Gasteiger partial charge in [0.1, 0.15) is 5.82 Å². The van der Waals surface area contributed by atoms with E-state index in [9.17, 15) is 0 Å². The Morgan fingerprint density at radius 3 is 2.22 bits per heavy atom. The summed E-state index contributed by atoms with van der Waals surface area (Å²) < 4.78 is 0. The van der Waals surface area contributed by atoms with E-state index >= 15 is 0 Å². The Bertz CT molecular complexity index is 532. The minimum Gasteiger partial charge on any atom is -0.372 e. The zero-order chi connectivity index (χ0) is 13.7. The van der Waals surface area contributed by atoms with E-state index in [1.54, 1.807) is 7.05 Å². The van der Waals surface area contributed by atoms with Gasteiger partial charge in [0.2, 0.25) is 5.95 Å². The Morgan fingerprint density at radius 1 is 1.06 bits per heavy atom. The number of aromatic nitrogens is 3. The molecule has 0 unspecified atom stereocenters. The summed E-state index contributed by atoms with van der Waals surface area (Å²) in [6.07, 6.45) is 0. The van der Waals surface area contributed by atoms with Crippen LogP contribution >= 0.6 is 0 Å². The maximum Gasteiger partial charge on any atom is 0.224 e. The van der Waals surface area contributed by atoms with Gasteiger partial charge in [0.25, 0.3) is 0 Å². The van der Waals surface area contributed by atoms with E-state index < -0.39 is 0 Å². The topological polar surface area (TPSA) is 88.8 Å². The lowest BCUT2D eigenvalue weighted by Crippen LogP contribution is -2.03. The standard InChI is InChI=1S/C10H13N5.C2H7N/c1-5-4-6(2)13-9-7(5)8(12-3)14-10(11)15-9;1-3-2/h4H,1-3H3,(H3,11,12,13,14,15);3H,1-2H3. The first-order valence-electron chi connectivity index (χ1n) is 5.71. The van der Waals surface area contributed by atoms with E-state index in [0.717, 1.165) is 22.5 Å². The van der Waals surface area contributed by atoms with Crippen molar-refractivity contribution in [2.24, 2.45) is 0 Å². The molecular formula is C12H20N6. The highest BCUT2D eigenvalue weighted by Gasteiger charge is 2.09. The fraction of sp³-hybridized carbons (Fsp3) is 0.417. The molecule has 18 heavy (non-hydrogen) atoms. The second kappa shape index (κ2) is 6.11. The Hall–Kier alpha value is -1.95. The van der Waals surface area contributed by atoms with Gasteiger partial charge in [-0.1, -0.05) is 0 Å². The Morgan fingerprint density at radius 2 is 1.67 bits per heavy atom. The van der Waals surface area contributed by atoms with Gasteiger partial charge in [-0.25, -0.2) is 4.98 Å². The summed E-state index contributed by atoms with van der Waals surface area (Å²) in [6, 6.07) is 2.00. The Labute approximate surface area is 107 Å². The highest BCUT2D eigenvalue weighted by molar-refractivity contribution is 5.90. The van der Waals surface area contributed by atoms with Crippen LogP contribution in [-0.2, 0) is 0 Å². The number of hydrogen-bond donors (Lipinski definition) is 3. The molecule has 0 radical (unpaired) electrons. The smallest absolute Gasteiger partial charge is 0.224 e. The molecule has 4 N–H and O–H groups in total. The summed E-state index contributed by atoms with van der Waals surface area (Å²) in [6.45, 7) is 3.95. The average molecular weight is 248 g/mol. The quantitative estimate of drug-likeness (QED) is 0.700. The summed E-state index contributed by atoms with van der Waals surface area (Å²) >= 11 is 0. The molecule has 2 aromatic rings. The molecule has 0 saturated carbocycles. The van der Waals surface area contributed by atoms with E-state index in [1.807, 2.05) is 34.0 Å². The molecule has 2 heterocycles. The van der Waals surface area contributed by atoms with Crippen molar-refractivity contribution in [2.75, 3.05) is 32.2 Å². The number of nitrogens with one attached hydrogen (secondary N) is 2. The van der Waals surface area contributed by atoms with Crippen LogP contribution in [0.4, 0.5) is 11.8 Å². The van der Waals surface area contributed by atoms with Gasteiger partial charge in [0.15, 0.2) is 5.65 Å². The van der Waals surface area contributed by atoms with Crippen molar-refractivity contribution >= 4 is 22.8 Å². The zero-order valence-electron chi connectivity index (χ0n) is 11.5. The van der Waals surface area contributed by atoms with Gasteiger partial charge < -0.3 is 16.4 Å². The normalized spacial score (nSPS) is 9.83. The molecule has 0 aliphatic rings. The minimum atomic E-state index is 0.240. The first-order valence-corrected chi connectivity index (χ1v) is 5.71. The molecule has 0 amide bonds. The maximum atomic E-state index is 5.60.